The molecule has 0 heterocycles. The molecule has 0 aromatic heterocycles. The van der Waals surface area contributed by atoms with Gasteiger partial charge >= 0.3 is 0 Å². The monoisotopic (exact) mass is 214 g/mol. The maximum atomic E-state index is 11.0. The lowest BCUT2D eigenvalue weighted by molar-refractivity contribution is 0.181. The molecule has 2 aliphatic rings. The first-order valence-corrected chi connectivity index (χ1v) is 6.43. The zero-order valence-corrected chi connectivity index (χ0v) is 9.69. The van der Waals surface area contributed by atoms with Gasteiger partial charge in [-0.2, -0.15) is 0 Å². The van der Waals surface area contributed by atoms with E-state index in [1.807, 2.05) is 0 Å². The molecule has 0 radical (unpaired) electrons. The highest BCUT2D eigenvalue weighted by Gasteiger charge is 2.61. The summed E-state index contributed by atoms with van der Waals surface area (Å²) in [6.07, 6.45) is 3.31. The summed E-state index contributed by atoms with van der Waals surface area (Å²) in [4.78, 5) is 0. The molecule has 2 aliphatic carbocycles. The van der Waals surface area contributed by atoms with Crippen molar-refractivity contribution in [2.24, 2.45) is 16.7 Å². The molecule has 2 rings (SSSR count). The Morgan fingerprint density at radius 1 is 1.64 bits per heavy atom. The van der Waals surface area contributed by atoms with E-state index >= 15 is 0 Å². The largest absolute Gasteiger partial charge is 0.306 e. The molecule has 0 aliphatic heterocycles. The summed E-state index contributed by atoms with van der Waals surface area (Å²) in [5.41, 5.74) is 1.32. The second-order valence-electron chi connectivity index (χ2n) is 5.31. The lowest BCUT2D eigenvalue weighted by Gasteiger charge is -2.37. The van der Waals surface area contributed by atoms with Crippen LogP contribution in [0.1, 0.15) is 33.1 Å². The number of hydrogen-bond donors (Lipinski definition) is 1. The highest BCUT2D eigenvalue weighted by atomic mass is 32.2. The van der Waals surface area contributed by atoms with Crippen molar-refractivity contribution < 1.29 is 8.76 Å². The van der Waals surface area contributed by atoms with Gasteiger partial charge in [0.1, 0.15) is 0 Å². The molecule has 2 fully saturated rings. The average Bonchev–Trinajstić information content (AvgIpc) is 2.36. The second kappa shape index (κ2) is 2.92. The predicted octanol–water partition coefficient (Wildman–Crippen LogP) is 2.59. The normalized spacial score (nSPS) is 41.6. The van der Waals surface area contributed by atoms with Gasteiger partial charge in [-0.1, -0.05) is 26.0 Å². The molecule has 3 heteroatoms. The van der Waals surface area contributed by atoms with Gasteiger partial charge in [0.2, 0.25) is 0 Å². The summed E-state index contributed by atoms with van der Waals surface area (Å²) < 4.78 is 20.1. The molecule has 14 heavy (non-hydrogen) atoms. The number of rotatable bonds is 2. The van der Waals surface area contributed by atoms with Crippen LogP contribution in [0.4, 0.5) is 0 Å². The van der Waals surface area contributed by atoms with Gasteiger partial charge in [-0.15, -0.1) is 0 Å². The summed E-state index contributed by atoms with van der Waals surface area (Å²) in [6.45, 7) is 8.58. The number of allylic oxidation sites excluding steroid dienone is 1. The van der Waals surface area contributed by atoms with E-state index in [1.165, 1.54) is 12.0 Å². The zero-order chi connectivity index (χ0) is 10.6. The molecule has 0 spiro atoms. The summed E-state index contributed by atoms with van der Waals surface area (Å²) in [7, 11) is 0. The van der Waals surface area contributed by atoms with Crippen LogP contribution < -0.4 is 0 Å². The maximum Gasteiger partial charge on any atom is 0.153 e. The zero-order valence-electron chi connectivity index (χ0n) is 8.88. The fourth-order valence-corrected chi connectivity index (χ4v) is 4.69. The SMILES string of the molecule is C=C1CC2CCC1(CS(=O)O)C2(C)C. The summed E-state index contributed by atoms with van der Waals surface area (Å²) in [6, 6.07) is 0. The molecule has 3 unspecified atom stereocenters. The van der Waals surface area contributed by atoms with Crippen molar-refractivity contribution in [1.82, 2.24) is 0 Å². The minimum absolute atomic E-state index is 0.0583. The Hall–Kier alpha value is -0.150. The van der Waals surface area contributed by atoms with Gasteiger partial charge in [-0.25, -0.2) is 4.21 Å². The van der Waals surface area contributed by atoms with Crippen LogP contribution in [0.2, 0.25) is 0 Å². The topological polar surface area (TPSA) is 37.3 Å². The molecule has 1 N–H and O–H groups in total. The van der Waals surface area contributed by atoms with E-state index in [1.54, 1.807) is 0 Å². The van der Waals surface area contributed by atoms with Crippen molar-refractivity contribution >= 4 is 11.1 Å². The Balaban J connectivity index is 2.39. The Bertz CT molecular complexity index is 308. The molecular formula is C11H18O2S. The molecule has 0 amide bonds. The molecule has 2 nitrogen and oxygen atoms in total. The minimum Gasteiger partial charge on any atom is -0.306 e. The van der Waals surface area contributed by atoms with Crippen LogP contribution in [0.5, 0.6) is 0 Å². The Kier molecular flexibility index (Phi) is 2.16. The van der Waals surface area contributed by atoms with E-state index in [-0.39, 0.29) is 10.8 Å². The third-order valence-electron chi connectivity index (χ3n) is 4.71. The van der Waals surface area contributed by atoms with Gasteiger partial charge in [-0.05, 0) is 30.6 Å². The van der Waals surface area contributed by atoms with Gasteiger partial charge < -0.3 is 4.55 Å². The Morgan fingerprint density at radius 2 is 2.29 bits per heavy atom. The van der Waals surface area contributed by atoms with Crippen LogP contribution in [0.15, 0.2) is 12.2 Å². The van der Waals surface area contributed by atoms with Crippen molar-refractivity contribution in [2.75, 3.05) is 5.75 Å². The Morgan fingerprint density at radius 3 is 2.64 bits per heavy atom. The molecule has 0 saturated heterocycles. The fourth-order valence-electron chi connectivity index (χ4n) is 3.55. The smallest absolute Gasteiger partial charge is 0.153 e. The molecule has 80 valence electrons. The van der Waals surface area contributed by atoms with E-state index in [0.717, 1.165) is 12.8 Å². The lowest BCUT2D eigenvalue weighted by Crippen LogP contribution is -2.36. The third-order valence-corrected chi connectivity index (χ3v) is 5.45. The lowest BCUT2D eigenvalue weighted by atomic mass is 9.69. The molecule has 3 atom stereocenters. The molecule has 2 saturated carbocycles. The molecule has 2 bridgehead atoms. The van der Waals surface area contributed by atoms with Crippen LogP contribution >= 0.6 is 0 Å². The van der Waals surface area contributed by atoms with Gasteiger partial charge in [0.15, 0.2) is 11.1 Å². The van der Waals surface area contributed by atoms with Gasteiger partial charge in [0.05, 0.1) is 5.75 Å². The first-order valence-electron chi connectivity index (χ1n) is 5.16. The van der Waals surface area contributed by atoms with Crippen molar-refractivity contribution in [3.8, 4) is 0 Å². The highest BCUT2D eigenvalue weighted by Crippen LogP contribution is 2.67. The second-order valence-corrected chi connectivity index (χ2v) is 6.24. The fraction of sp³-hybridized carbons (Fsp3) is 0.818. The summed E-state index contributed by atoms with van der Waals surface area (Å²) in [5.74, 6) is 1.06. The van der Waals surface area contributed by atoms with Gasteiger partial charge in [-0.3, -0.25) is 0 Å². The predicted molar refractivity (Wildman–Crippen MR) is 58.3 cm³/mol. The van der Waals surface area contributed by atoms with Crippen LogP contribution in [-0.2, 0) is 11.1 Å². The van der Waals surface area contributed by atoms with Gasteiger partial charge in [0, 0.05) is 5.41 Å². The minimum atomic E-state index is -1.70. The van der Waals surface area contributed by atoms with E-state index < -0.39 is 11.1 Å². The first kappa shape index (κ1) is 10.4. The molecule has 0 aromatic rings. The standard InChI is InChI=1S/C11H18O2S/c1-8-6-9-4-5-11(8,7-14(12)13)10(9,2)3/h9H,1,4-7H2,2-3H3,(H,12,13). The third kappa shape index (κ3) is 1.09. The summed E-state index contributed by atoms with van der Waals surface area (Å²) in [5, 5.41) is 0. The number of fused-ring (bicyclic) bond motifs is 2. The van der Waals surface area contributed by atoms with E-state index in [0.29, 0.717) is 11.7 Å². The summed E-state index contributed by atoms with van der Waals surface area (Å²) >= 11 is -1.70. The van der Waals surface area contributed by atoms with Crippen molar-refractivity contribution in [1.29, 1.82) is 0 Å². The van der Waals surface area contributed by atoms with Crippen molar-refractivity contribution in [2.45, 2.75) is 33.1 Å². The van der Waals surface area contributed by atoms with Gasteiger partial charge in [0.25, 0.3) is 0 Å². The van der Waals surface area contributed by atoms with E-state index in [2.05, 4.69) is 20.4 Å². The van der Waals surface area contributed by atoms with Crippen LogP contribution in [-0.4, -0.2) is 14.5 Å². The first-order chi connectivity index (χ1) is 6.40. The van der Waals surface area contributed by atoms with Crippen LogP contribution in [0.3, 0.4) is 0 Å². The Labute approximate surface area is 88.1 Å². The van der Waals surface area contributed by atoms with E-state index in [4.69, 9.17) is 4.55 Å². The van der Waals surface area contributed by atoms with Crippen LogP contribution in [0.25, 0.3) is 0 Å². The maximum absolute atomic E-state index is 11.0. The quantitative estimate of drug-likeness (QED) is 0.566. The van der Waals surface area contributed by atoms with Crippen LogP contribution in [0, 0.1) is 16.7 Å². The van der Waals surface area contributed by atoms with Crippen molar-refractivity contribution in [3.63, 3.8) is 0 Å². The molecule has 0 aromatic carbocycles. The number of hydrogen-bond acceptors (Lipinski definition) is 1. The van der Waals surface area contributed by atoms with Crippen molar-refractivity contribution in [3.05, 3.63) is 12.2 Å². The van der Waals surface area contributed by atoms with E-state index in [9.17, 15) is 4.21 Å². The highest BCUT2D eigenvalue weighted by molar-refractivity contribution is 7.79. The molecular weight excluding hydrogens is 196 g/mol. The average molecular weight is 214 g/mol.